The predicted octanol–water partition coefficient (Wildman–Crippen LogP) is 0.913. The Kier molecular flexibility index (Phi) is 3.71. The first-order valence-electron chi connectivity index (χ1n) is 7.03. The third-order valence-corrected chi connectivity index (χ3v) is 8.14. The van der Waals surface area contributed by atoms with Crippen molar-refractivity contribution >= 4 is 10.1 Å². The minimum Gasteiger partial charge on any atom is -0.190 e. The molecule has 1 aliphatic carbocycles. The van der Waals surface area contributed by atoms with E-state index >= 15 is 0 Å². The van der Waals surface area contributed by atoms with Crippen LogP contribution in [-0.4, -0.2) is 8.42 Å². The topological polar surface area (TPSA) is 43.4 Å². The summed E-state index contributed by atoms with van der Waals surface area (Å²) in [7, 11) is -3.69. The van der Waals surface area contributed by atoms with Gasteiger partial charge in [0.15, 0.2) is 0 Å². The molecule has 3 nitrogen and oxygen atoms in total. The second kappa shape index (κ2) is 5.74. The number of hydrogen-bond donors (Lipinski definition) is 0. The van der Waals surface area contributed by atoms with Crippen LogP contribution in [0.3, 0.4) is 0 Å². The quantitative estimate of drug-likeness (QED) is 0.448. The summed E-state index contributed by atoms with van der Waals surface area (Å²) in [6.07, 6.45) is 0. The third kappa shape index (κ3) is 2.58. The summed E-state index contributed by atoms with van der Waals surface area (Å²) in [6.45, 7) is 0. The molecule has 0 unspecified atom stereocenters. The highest BCUT2D eigenvalue weighted by Gasteiger charge is 2.35. The molecule has 0 fully saturated rings. The fourth-order valence-corrected chi connectivity index (χ4v) is 6.44. The van der Waals surface area contributed by atoms with Gasteiger partial charge in [0.05, 0.1) is 4.90 Å². The molecule has 0 aromatic heterocycles. The molecule has 3 aromatic carbocycles. The minimum absolute atomic E-state index is 0.204. The largest absolute Gasteiger partial charge is 0.541 e. The zero-order valence-electron chi connectivity index (χ0n) is 11.9. The Morgan fingerprint density at radius 3 is 2.13 bits per heavy atom. The lowest BCUT2D eigenvalue weighted by atomic mass is 9.81. The summed E-state index contributed by atoms with van der Waals surface area (Å²) in [6, 6.07) is 22.4. The van der Waals surface area contributed by atoms with E-state index in [1.807, 2.05) is 24.3 Å². The van der Waals surface area contributed by atoms with Gasteiger partial charge in [-0.3, -0.25) is 0 Å². The van der Waals surface area contributed by atoms with E-state index in [0.717, 1.165) is 9.13 Å². The second-order valence-electron chi connectivity index (χ2n) is 5.12. The number of hydrogen-bond acceptors (Lipinski definition) is 3. The van der Waals surface area contributed by atoms with Gasteiger partial charge in [-0.25, -0.2) is 0 Å². The van der Waals surface area contributed by atoms with Gasteiger partial charge >= 0.3 is 31.7 Å². The first kappa shape index (κ1) is 14.9. The van der Waals surface area contributed by atoms with Crippen molar-refractivity contribution in [1.29, 1.82) is 0 Å². The summed E-state index contributed by atoms with van der Waals surface area (Å²) in [5.41, 5.74) is 4.72. The molecule has 0 spiro atoms. The van der Waals surface area contributed by atoms with E-state index in [1.54, 1.807) is 30.3 Å². The van der Waals surface area contributed by atoms with E-state index in [-0.39, 0.29) is 4.90 Å². The molecule has 0 heterocycles. The van der Waals surface area contributed by atoms with E-state index in [9.17, 15) is 8.42 Å². The first-order valence-corrected chi connectivity index (χ1v) is 10.4. The van der Waals surface area contributed by atoms with Crippen molar-refractivity contribution in [2.75, 3.05) is 0 Å². The summed E-state index contributed by atoms with van der Waals surface area (Å²) in [5, 5.41) is 0. The predicted molar refractivity (Wildman–Crippen MR) is 84.3 cm³/mol. The van der Waals surface area contributed by atoms with Crippen LogP contribution in [0, 0.1) is 3.57 Å². The first-order chi connectivity index (χ1) is 11.2. The van der Waals surface area contributed by atoms with Gasteiger partial charge in [0.25, 0.3) is 0 Å². The lowest BCUT2D eigenvalue weighted by Gasteiger charge is -2.22. The summed E-state index contributed by atoms with van der Waals surface area (Å²) in [5.74, 6) is 0. The summed E-state index contributed by atoms with van der Waals surface area (Å²) >= 11 is -1.09. The molecular weight excluding hydrogens is 423 g/mol. The normalized spacial score (nSPS) is 12.2. The van der Waals surface area contributed by atoms with Crippen molar-refractivity contribution in [3.05, 3.63) is 76.4 Å². The Balaban J connectivity index is 1.62. The second-order valence-corrected chi connectivity index (χ2v) is 9.30. The van der Waals surface area contributed by atoms with Crippen LogP contribution in [0.2, 0.25) is 0 Å². The van der Waals surface area contributed by atoms with Gasteiger partial charge in [0.2, 0.25) is 3.57 Å². The molecule has 0 amide bonds. The fraction of sp³-hybridized carbons (Fsp3) is 0. The van der Waals surface area contributed by atoms with Gasteiger partial charge in [-0.2, -0.15) is 8.42 Å². The van der Waals surface area contributed by atoms with E-state index in [2.05, 4.69) is 18.2 Å². The Morgan fingerprint density at radius 2 is 1.35 bits per heavy atom. The van der Waals surface area contributed by atoms with Crippen molar-refractivity contribution in [2.24, 2.45) is 0 Å². The molecule has 0 saturated carbocycles. The minimum atomic E-state index is -3.69. The van der Waals surface area contributed by atoms with E-state index in [4.69, 9.17) is 2.51 Å². The standard InChI is InChI=1S/C18H12IO3S/c20-23(21,13-7-2-1-3-8-13)22-19-17-12-6-11-16-14-9-4-5-10-15(14)18(16)17/h1-12H/q+1. The zero-order valence-corrected chi connectivity index (χ0v) is 14.9. The molecule has 0 N–H and O–H groups in total. The highest BCUT2D eigenvalue weighted by molar-refractivity contribution is 7.86. The smallest absolute Gasteiger partial charge is 0.190 e. The van der Waals surface area contributed by atoms with Crippen molar-refractivity contribution in [1.82, 2.24) is 0 Å². The number of benzene rings is 3. The summed E-state index contributed by atoms with van der Waals surface area (Å²) in [4.78, 5) is 0.204. The Hall–Kier alpha value is -1.70. The van der Waals surface area contributed by atoms with Gasteiger partial charge in [-0.15, -0.1) is 0 Å². The number of halogens is 1. The van der Waals surface area contributed by atoms with Gasteiger partial charge < -0.3 is 0 Å². The maximum atomic E-state index is 12.3. The van der Waals surface area contributed by atoms with Crippen molar-refractivity contribution in [3.8, 4) is 22.3 Å². The van der Waals surface area contributed by atoms with Crippen molar-refractivity contribution in [3.63, 3.8) is 0 Å². The molecule has 4 rings (SSSR count). The van der Waals surface area contributed by atoms with E-state index in [1.165, 1.54) is 16.7 Å². The van der Waals surface area contributed by atoms with Crippen LogP contribution >= 0.6 is 0 Å². The van der Waals surface area contributed by atoms with Crippen LogP contribution in [0.1, 0.15) is 0 Å². The maximum Gasteiger partial charge on any atom is 0.541 e. The summed E-state index contributed by atoms with van der Waals surface area (Å²) < 4.78 is 30.9. The molecule has 23 heavy (non-hydrogen) atoms. The van der Waals surface area contributed by atoms with E-state index < -0.39 is 31.7 Å². The highest BCUT2D eigenvalue weighted by atomic mass is 127. The lowest BCUT2D eigenvalue weighted by molar-refractivity contribution is -0.836. The highest BCUT2D eigenvalue weighted by Crippen LogP contribution is 2.46. The number of rotatable bonds is 4. The van der Waals surface area contributed by atoms with Crippen LogP contribution in [0.5, 0.6) is 0 Å². The number of fused-ring (bicyclic) bond motifs is 4. The van der Waals surface area contributed by atoms with Gasteiger partial charge in [0.1, 0.15) is 0 Å². The van der Waals surface area contributed by atoms with Gasteiger partial charge in [-0.05, 0) is 37.4 Å². The third-order valence-electron chi connectivity index (χ3n) is 3.73. The van der Waals surface area contributed by atoms with Crippen molar-refractivity contribution in [2.45, 2.75) is 4.90 Å². The van der Waals surface area contributed by atoms with Crippen LogP contribution in [0.25, 0.3) is 22.3 Å². The molecule has 1 aliphatic rings. The van der Waals surface area contributed by atoms with Crippen LogP contribution in [-0.2, 0) is 12.6 Å². The van der Waals surface area contributed by atoms with Crippen molar-refractivity contribution < 1.29 is 32.6 Å². The van der Waals surface area contributed by atoms with E-state index in [0.29, 0.717) is 0 Å². The monoisotopic (exact) mass is 435 g/mol. The Morgan fingerprint density at radius 1 is 0.696 bits per heavy atom. The van der Waals surface area contributed by atoms with Gasteiger partial charge in [-0.1, -0.05) is 54.6 Å². The molecule has 0 aliphatic heterocycles. The molecule has 0 radical (unpaired) electrons. The van der Waals surface area contributed by atoms with Crippen LogP contribution < -0.4 is 21.6 Å². The average molecular weight is 435 g/mol. The molecule has 0 saturated heterocycles. The Bertz CT molecular complexity index is 982. The molecule has 0 bridgehead atoms. The molecule has 114 valence electrons. The molecule has 3 aromatic rings. The van der Waals surface area contributed by atoms with Crippen LogP contribution in [0.15, 0.2) is 77.7 Å². The molecular formula is C18H12IO3S+. The van der Waals surface area contributed by atoms with Gasteiger partial charge in [0, 0.05) is 5.56 Å². The maximum absolute atomic E-state index is 12.3. The SMILES string of the molecule is O=S(=O)(O[I+]c1cccc2c1-c1ccccc1-2)c1ccccc1. The fourth-order valence-electron chi connectivity index (χ4n) is 2.66. The molecule has 0 atom stereocenters. The molecule has 5 heteroatoms. The average Bonchev–Trinajstić information content (AvgIpc) is 2.58. The Labute approximate surface area is 145 Å². The zero-order chi connectivity index (χ0) is 15.9. The lowest BCUT2D eigenvalue weighted by Crippen LogP contribution is -3.62. The van der Waals surface area contributed by atoms with Crippen LogP contribution in [0.4, 0.5) is 0 Å².